The maximum atomic E-state index is 14.0. The molecule has 0 bridgehead atoms. The zero-order valence-corrected chi connectivity index (χ0v) is 22.5. The van der Waals surface area contributed by atoms with Crippen LogP contribution in [0.1, 0.15) is 18.4 Å². The molecule has 5 rings (SSSR count). The maximum Gasteiger partial charge on any atom is 0.267 e. The van der Waals surface area contributed by atoms with E-state index in [2.05, 4.69) is 0 Å². The van der Waals surface area contributed by atoms with Crippen molar-refractivity contribution >= 4 is 45.0 Å². The normalized spacial score (nSPS) is 22.4. The molecule has 0 N–H and O–H groups in total. The molecule has 2 aromatic rings. The molecule has 1 aliphatic carbocycles. The van der Waals surface area contributed by atoms with Gasteiger partial charge in [0.15, 0.2) is 0 Å². The predicted molar refractivity (Wildman–Crippen MR) is 137 cm³/mol. The van der Waals surface area contributed by atoms with Crippen molar-refractivity contribution in [1.82, 2.24) is 19.0 Å². The number of sulfonamides is 1. The van der Waals surface area contributed by atoms with Crippen LogP contribution in [0, 0.1) is 5.82 Å². The van der Waals surface area contributed by atoms with E-state index in [0.717, 1.165) is 17.1 Å². The molecule has 37 heavy (non-hydrogen) atoms. The van der Waals surface area contributed by atoms with Crippen LogP contribution in [0.25, 0.3) is 0 Å². The highest BCUT2D eigenvalue weighted by Gasteiger charge is 2.52. The number of hydrogen-bond acceptors (Lipinski definition) is 5. The summed E-state index contributed by atoms with van der Waals surface area (Å²) in [5, 5.41) is 0.235. The summed E-state index contributed by atoms with van der Waals surface area (Å²) >= 11 is 12.3. The number of carbonyl (C=O) groups is 2. The summed E-state index contributed by atoms with van der Waals surface area (Å²) in [6, 6.07) is 7.88. The summed E-state index contributed by atoms with van der Waals surface area (Å²) in [6.45, 7) is -0.161. The van der Waals surface area contributed by atoms with E-state index < -0.39 is 27.9 Å². The van der Waals surface area contributed by atoms with Crippen molar-refractivity contribution in [1.29, 1.82) is 0 Å². The van der Waals surface area contributed by atoms with Gasteiger partial charge in [0.25, 0.3) is 10.0 Å². The molecule has 2 fully saturated rings. The summed E-state index contributed by atoms with van der Waals surface area (Å²) in [5.74, 6) is -1.02. The Labute approximate surface area is 224 Å². The fourth-order valence-electron chi connectivity index (χ4n) is 4.70. The zero-order chi connectivity index (χ0) is 26.6. The molecule has 2 aromatic carbocycles. The van der Waals surface area contributed by atoms with Gasteiger partial charge in [-0.1, -0.05) is 35.3 Å². The lowest BCUT2D eigenvalue weighted by Gasteiger charge is -2.49. The number of hydrogen-bond donors (Lipinski definition) is 0. The van der Waals surface area contributed by atoms with Crippen molar-refractivity contribution in [2.45, 2.75) is 42.3 Å². The largest absolute Gasteiger partial charge is 0.311 e. The molecule has 8 nitrogen and oxygen atoms in total. The van der Waals surface area contributed by atoms with E-state index in [1.54, 1.807) is 31.1 Å². The highest BCUT2D eigenvalue weighted by atomic mass is 35.5. The lowest BCUT2D eigenvalue weighted by Crippen LogP contribution is -2.66. The van der Waals surface area contributed by atoms with Gasteiger partial charge in [0.05, 0.1) is 11.6 Å². The zero-order valence-electron chi connectivity index (χ0n) is 20.1. The Kier molecular flexibility index (Phi) is 6.72. The number of benzene rings is 2. The monoisotopic (exact) mass is 566 g/mol. The van der Waals surface area contributed by atoms with E-state index in [-0.39, 0.29) is 51.6 Å². The predicted octanol–water partition coefficient (Wildman–Crippen LogP) is 3.31. The van der Waals surface area contributed by atoms with Crippen molar-refractivity contribution in [3.05, 3.63) is 75.9 Å². The first-order valence-corrected chi connectivity index (χ1v) is 13.9. The quantitative estimate of drug-likeness (QED) is 0.536. The Morgan fingerprint density at radius 1 is 1.03 bits per heavy atom. The number of carbonyl (C=O) groups excluding carboxylic acids is 2. The first-order chi connectivity index (χ1) is 17.5. The molecule has 2 atom stereocenters. The van der Waals surface area contributed by atoms with Gasteiger partial charge in [-0.25, -0.2) is 17.1 Å². The molecule has 3 aliphatic rings. The van der Waals surface area contributed by atoms with E-state index in [1.807, 2.05) is 0 Å². The van der Waals surface area contributed by atoms with E-state index in [9.17, 15) is 22.4 Å². The first kappa shape index (κ1) is 26.0. The van der Waals surface area contributed by atoms with Gasteiger partial charge in [-0.2, -0.15) is 0 Å². The lowest BCUT2D eigenvalue weighted by molar-refractivity contribution is -0.151. The third kappa shape index (κ3) is 4.71. The second kappa shape index (κ2) is 9.58. The van der Waals surface area contributed by atoms with E-state index in [0.29, 0.717) is 5.56 Å². The van der Waals surface area contributed by atoms with E-state index in [4.69, 9.17) is 23.2 Å². The summed E-state index contributed by atoms with van der Waals surface area (Å²) < 4.78 is 42.7. The van der Waals surface area contributed by atoms with Crippen molar-refractivity contribution < 1.29 is 22.4 Å². The number of rotatable bonds is 6. The molecule has 2 heterocycles. The molecular weight excluding hydrogens is 542 g/mol. The summed E-state index contributed by atoms with van der Waals surface area (Å²) in [6.07, 6.45) is 3.12. The Hall–Kier alpha value is -2.66. The van der Waals surface area contributed by atoms with Crippen LogP contribution in [0.3, 0.4) is 0 Å². The smallest absolute Gasteiger partial charge is 0.267 e. The summed E-state index contributed by atoms with van der Waals surface area (Å²) in [4.78, 5) is 31.7. The van der Waals surface area contributed by atoms with Crippen LogP contribution >= 0.6 is 23.2 Å². The second-order valence-electron chi connectivity index (χ2n) is 9.61. The Bertz CT molecular complexity index is 1400. The SMILES string of the molecule is CN(C)C1CN(S(=O)(=O)c2ccc(Cl)cc2Cl)C2=CN(C3CC3)C(=O)C(Cc3ccc(F)cc3)N2C1=O. The fraction of sp³-hybridized carbons (Fsp3) is 0.360. The van der Waals surface area contributed by atoms with Gasteiger partial charge < -0.3 is 4.90 Å². The summed E-state index contributed by atoms with van der Waals surface area (Å²) in [5.41, 5.74) is 0.645. The van der Waals surface area contributed by atoms with Crippen molar-refractivity contribution in [2.75, 3.05) is 20.6 Å². The van der Waals surface area contributed by atoms with Crippen LogP contribution in [-0.2, 0) is 26.0 Å². The summed E-state index contributed by atoms with van der Waals surface area (Å²) in [7, 11) is -0.901. The van der Waals surface area contributed by atoms with Crippen LogP contribution in [0.5, 0.6) is 0 Å². The van der Waals surface area contributed by atoms with Gasteiger partial charge >= 0.3 is 0 Å². The molecule has 12 heteroatoms. The van der Waals surface area contributed by atoms with Crippen LogP contribution in [0.15, 0.2) is 59.4 Å². The Morgan fingerprint density at radius 3 is 2.30 bits per heavy atom. The van der Waals surface area contributed by atoms with E-state index in [1.165, 1.54) is 46.3 Å². The molecule has 2 aliphatic heterocycles. The topological polar surface area (TPSA) is 81.2 Å². The van der Waals surface area contributed by atoms with Gasteiger partial charge in [0.1, 0.15) is 28.6 Å². The van der Waals surface area contributed by atoms with Gasteiger partial charge in [-0.15, -0.1) is 0 Å². The van der Waals surface area contributed by atoms with E-state index >= 15 is 0 Å². The molecule has 1 saturated carbocycles. The molecule has 196 valence electrons. The molecule has 0 aromatic heterocycles. The van der Waals surface area contributed by atoms with Crippen LogP contribution in [0.2, 0.25) is 10.0 Å². The van der Waals surface area contributed by atoms with Crippen LogP contribution in [-0.4, -0.2) is 78.0 Å². The minimum atomic E-state index is -4.25. The Balaban J connectivity index is 1.64. The van der Waals surface area contributed by atoms with Gasteiger partial charge in [-0.3, -0.25) is 19.4 Å². The van der Waals surface area contributed by atoms with Crippen molar-refractivity contribution in [3.63, 3.8) is 0 Å². The highest BCUT2D eigenvalue weighted by molar-refractivity contribution is 7.89. The lowest BCUT2D eigenvalue weighted by atomic mass is 9.99. The number of fused-ring (bicyclic) bond motifs is 1. The minimum Gasteiger partial charge on any atom is -0.311 e. The van der Waals surface area contributed by atoms with Crippen molar-refractivity contribution in [2.24, 2.45) is 0 Å². The molecule has 0 radical (unpaired) electrons. The minimum absolute atomic E-state index is 0.0493. The number of likely N-dealkylation sites (N-methyl/N-ethyl adjacent to an activating group) is 1. The van der Waals surface area contributed by atoms with Gasteiger partial charge in [0.2, 0.25) is 11.8 Å². The molecule has 2 amide bonds. The fourth-order valence-corrected chi connectivity index (χ4v) is 6.90. The average molecular weight is 567 g/mol. The third-order valence-corrected chi connectivity index (χ3v) is 9.33. The molecule has 0 spiro atoms. The van der Waals surface area contributed by atoms with Gasteiger partial charge in [-0.05, 0) is 62.8 Å². The second-order valence-corrected chi connectivity index (χ2v) is 12.3. The number of nitrogens with zero attached hydrogens (tertiary/aromatic N) is 4. The molecule has 1 saturated heterocycles. The van der Waals surface area contributed by atoms with Crippen LogP contribution in [0.4, 0.5) is 4.39 Å². The Morgan fingerprint density at radius 2 is 1.70 bits per heavy atom. The molecule has 2 unspecified atom stereocenters. The maximum absolute atomic E-state index is 14.0. The van der Waals surface area contributed by atoms with Crippen LogP contribution < -0.4 is 0 Å². The molecular formula is C25H25Cl2FN4O4S. The number of halogens is 3. The third-order valence-electron chi connectivity index (χ3n) is 6.84. The highest BCUT2D eigenvalue weighted by Crippen LogP contribution is 2.39. The average Bonchev–Trinajstić information content (AvgIpc) is 3.67. The standard InChI is InChI=1S/C25H25Cl2FN4O4S/c1-29(2)21-13-31(37(35,36)22-10-5-16(26)12-19(22)27)23-14-30(18-8-9-18)24(33)20(32(23)25(21)34)11-15-3-6-17(28)7-4-15/h3-7,10,12,14,18,20-21H,8-9,11,13H2,1-2H3. The van der Waals surface area contributed by atoms with Gasteiger partial charge in [0, 0.05) is 23.7 Å². The van der Waals surface area contributed by atoms with Crippen molar-refractivity contribution in [3.8, 4) is 0 Å². The first-order valence-electron chi connectivity index (χ1n) is 11.7. The number of amides is 2.